The average molecular weight is 1130 g/mol. The monoisotopic (exact) mass is 1130 g/mol. The van der Waals surface area contributed by atoms with Crippen molar-refractivity contribution in [3.8, 4) is 55.6 Å². The van der Waals surface area contributed by atoms with Gasteiger partial charge in [-0.2, -0.15) is 0 Å². The van der Waals surface area contributed by atoms with Crippen molar-refractivity contribution in [2.24, 2.45) is 0 Å². The van der Waals surface area contributed by atoms with Crippen LogP contribution in [-0.2, 0) is 0 Å². The zero-order valence-electron chi connectivity index (χ0n) is 48.8. The highest BCUT2D eigenvalue weighted by Gasteiger charge is 2.19. The van der Waals surface area contributed by atoms with E-state index in [9.17, 15) is 0 Å². The van der Waals surface area contributed by atoms with Crippen molar-refractivity contribution in [1.82, 2.24) is 0 Å². The second-order valence-electron chi connectivity index (χ2n) is 22.1. The number of hydrogen-bond donors (Lipinski definition) is 0. The van der Waals surface area contributed by atoms with E-state index >= 15 is 0 Å². The van der Waals surface area contributed by atoms with Crippen LogP contribution in [-0.4, -0.2) is 0 Å². The maximum Gasteiger partial charge on any atom is 0.0462 e. The molecule has 0 saturated carbocycles. The Balaban J connectivity index is 0.682. The van der Waals surface area contributed by atoms with Crippen LogP contribution in [0.3, 0.4) is 0 Å². The molecule has 0 fully saturated rings. The van der Waals surface area contributed by atoms with Gasteiger partial charge < -0.3 is 19.6 Å². The number of allylic oxidation sites excluding steroid dienone is 3. The molecule has 0 atom stereocenters. The average Bonchev–Trinajstić information content (AvgIpc) is 2.27. The number of nitrogens with zero attached hydrogens (tertiary/aromatic N) is 4. The van der Waals surface area contributed by atoms with E-state index in [2.05, 4.69) is 384 Å². The van der Waals surface area contributed by atoms with Crippen LogP contribution in [0.4, 0.5) is 62.6 Å². The minimum atomic E-state index is 1.03. The zero-order valence-corrected chi connectivity index (χ0v) is 48.8. The lowest BCUT2D eigenvalue weighted by molar-refractivity contribution is 0.997. The second-order valence-corrected chi connectivity index (χ2v) is 22.1. The molecule has 0 heterocycles. The molecule has 14 rings (SSSR count). The minimum Gasteiger partial charge on any atom is -0.311 e. The third-order valence-corrected chi connectivity index (χ3v) is 16.5. The van der Waals surface area contributed by atoms with Crippen LogP contribution in [0.15, 0.2) is 370 Å². The lowest BCUT2D eigenvalue weighted by atomic mass is 10.0. The summed E-state index contributed by atoms with van der Waals surface area (Å²) in [6.07, 6.45) is 8.96. The maximum absolute atomic E-state index is 2.37. The van der Waals surface area contributed by atoms with Gasteiger partial charge in [-0.15, -0.1) is 0 Å². The maximum atomic E-state index is 2.37. The first kappa shape index (κ1) is 54.5. The van der Waals surface area contributed by atoms with E-state index in [-0.39, 0.29) is 0 Å². The van der Waals surface area contributed by atoms with Gasteiger partial charge in [0, 0.05) is 68.3 Å². The third-order valence-electron chi connectivity index (χ3n) is 16.5. The Kier molecular flexibility index (Phi) is 15.7. The molecule has 420 valence electrons. The highest BCUT2D eigenvalue weighted by Crippen LogP contribution is 2.42. The number of para-hydroxylation sites is 3. The lowest BCUT2D eigenvalue weighted by Crippen LogP contribution is -2.16. The van der Waals surface area contributed by atoms with E-state index in [1.165, 1.54) is 33.5 Å². The highest BCUT2D eigenvalue weighted by atomic mass is 15.2. The molecule has 4 heteroatoms. The fraction of sp³-hybridized carbons (Fsp3) is 0.0238. The van der Waals surface area contributed by atoms with E-state index in [1.54, 1.807) is 0 Å². The summed E-state index contributed by atoms with van der Waals surface area (Å²) in [7, 11) is 0. The van der Waals surface area contributed by atoms with Gasteiger partial charge in [-0.05, 0) is 208 Å². The second kappa shape index (κ2) is 25.4. The molecule has 1 aliphatic rings. The SMILES string of the molecule is C1=CC(N(c2ccc(-c3ccccc3)cc2)c2ccc(-c3ccc(N(c4ccccc4)c4ccc(-c5ccc(N(c6ccccc6)c6ccc(-c7ccc(N(c8ccccc8)c8ccc(-c9ccccc9)cc8)cc7)cc6)cc5)cc4)cc3)cc2)=CCC1. The molecule has 0 spiro atoms. The first-order valence-electron chi connectivity index (χ1n) is 30.3. The van der Waals surface area contributed by atoms with Crippen molar-refractivity contribution in [3.63, 3.8) is 0 Å². The summed E-state index contributed by atoms with van der Waals surface area (Å²) in [6, 6.07) is 124. The van der Waals surface area contributed by atoms with E-state index in [0.29, 0.717) is 0 Å². The van der Waals surface area contributed by atoms with Gasteiger partial charge in [-0.3, -0.25) is 0 Å². The predicted octanol–water partition coefficient (Wildman–Crippen LogP) is 23.8. The largest absolute Gasteiger partial charge is 0.311 e. The van der Waals surface area contributed by atoms with Crippen molar-refractivity contribution >= 4 is 62.6 Å². The molecule has 0 N–H and O–H groups in total. The van der Waals surface area contributed by atoms with Gasteiger partial charge in [0.1, 0.15) is 0 Å². The van der Waals surface area contributed by atoms with Crippen molar-refractivity contribution in [2.75, 3.05) is 19.6 Å². The number of anilines is 11. The van der Waals surface area contributed by atoms with Crippen molar-refractivity contribution in [2.45, 2.75) is 12.8 Å². The van der Waals surface area contributed by atoms with Crippen LogP contribution < -0.4 is 19.6 Å². The van der Waals surface area contributed by atoms with E-state index < -0.39 is 0 Å². The van der Waals surface area contributed by atoms with Crippen molar-refractivity contribution in [1.29, 1.82) is 0 Å². The molecule has 4 nitrogen and oxygen atoms in total. The van der Waals surface area contributed by atoms with Gasteiger partial charge in [0.25, 0.3) is 0 Å². The summed E-state index contributed by atoms with van der Waals surface area (Å²) in [6.45, 7) is 0. The Hall–Kier alpha value is -11.5. The zero-order chi connectivity index (χ0) is 58.9. The van der Waals surface area contributed by atoms with Crippen LogP contribution in [0.1, 0.15) is 12.8 Å². The van der Waals surface area contributed by atoms with Crippen LogP contribution in [0.5, 0.6) is 0 Å². The lowest BCUT2D eigenvalue weighted by Gasteiger charge is -2.28. The standard InChI is InChI=1S/C84H64N4/c1-7-19-63(20-8-1)65-31-47-77(48-32-65)85(73-23-11-3-12-24-73)79-51-35-67(36-52-79)69-39-55-81(56-40-69)87(75-27-15-5-16-28-75)83-59-43-71(44-60-83)72-45-61-84(62-46-72)88(76-29-17-6-18-30-76)82-57-41-70(42-58-82)68-37-53-80(54-38-68)86(74-25-13-4-14-26-74)78-49-33-66(34-50-78)64-21-9-2-10-22-64/h1-3,5-13,15-62H,4,14H2. The fourth-order valence-electron chi connectivity index (χ4n) is 12.0. The van der Waals surface area contributed by atoms with E-state index in [1.807, 2.05) is 0 Å². The van der Waals surface area contributed by atoms with Gasteiger partial charge in [0.05, 0.1) is 0 Å². The predicted molar refractivity (Wildman–Crippen MR) is 373 cm³/mol. The quantitative estimate of drug-likeness (QED) is 0.0901. The van der Waals surface area contributed by atoms with Gasteiger partial charge in [-0.25, -0.2) is 0 Å². The molecule has 0 amide bonds. The van der Waals surface area contributed by atoms with Gasteiger partial charge >= 0.3 is 0 Å². The molecule has 0 aliphatic heterocycles. The Morgan fingerprint density at radius 1 is 0.159 bits per heavy atom. The van der Waals surface area contributed by atoms with Gasteiger partial charge in [-0.1, -0.05) is 224 Å². The van der Waals surface area contributed by atoms with Crippen LogP contribution in [0.2, 0.25) is 0 Å². The molecule has 88 heavy (non-hydrogen) atoms. The molecule has 13 aromatic carbocycles. The third kappa shape index (κ3) is 11.8. The molecular weight excluding hydrogens is 1060 g/mol. The molecule has 0 unspecified atom stereocenters. The molecule has 0 aromatic heterocycles. The first-order chi connectivity index (χ1) is 43.6. The summed E-state index contributed by atoms with van der Waals surface area (Å²) in [5.41, 5.74) is 25.1. The Bertz CT molecular complexity index is 4440. The minimum absolute atomic E-state index is 1.03. The molecule has 0 saturated heterocycles. The smallest absolute Gasteiger partial charge is 0.0462 e. The fourth-order valence-corrected chi connectivity index (χ4v) is 12.0. The number of hydrogen-bond acceptors (Lipinski definition) is 4. The molecule has 13 aromatic rings. The summed E-state index contributed by atoms with van der Waals surface area (Å²) >= 11 is 0. The van der Waals surface area contributed by atoms with Crippen LogP contribution in [0.25, 0.3) is 55.6 Å². The Morgan fingerprint density at radius 2 is 0.341 bits per heavy atom. The number of rotatable bonds is 17. The van der Waals surface area contributed by atoms with E-state index in [4.69, 9.17) is 0 Å². The molecule has 1 aliphatic carbocycles. The van der Waals surface area contributed by atoms with E-state index in [0.717, 1.165) is 103 Å². The van der Waals surface area contributed by atoms with Gasteiger partial charge in [0.2, 0.25) is 0 Å². The van der Waals surface area contributed by atoms with Crippen molar-refractivity contribution < 1.29 is 0 Å². The van der Waals surface area contributed by atoms with Crippen LogP contribution >= 0.6 is 0 Å². The normalized spacial score (nSPS) is 11.8. The summed E-state index contributed by atoms with van der Waals surface area (Å²) < 4.78 is 0. The highest BCUT2D eigenvalue weighted by molar-refractivity contribution is 5.85. The molecule has 0 bridgehead atoms. The van der Waals surface area contributed by atoms with Crippen molar-refractivity contribution in [3.05, 3.63) is 370 Å². The molecule has 0 radical (unpaired) electrons. The van der Waals surface area contributed by atoms with Crippen LogP contribution in [0, 0.1) is 0 Å². The summed E-state index contributed by atoms with van der Waals surface area (Å²) in [4.78, 5) is 9.34. The number of benzene rings is 13. The Labute approximate surface area is 517 Å². The summed E-state index contributed by atoms with van der Waals surface area (Å²) in [5.74, 6) is 0. The van der Waals surface area contributed by atoms with Gasteiger partial charge in [0.15, 0.2) is 0 Å². The first-order valence-corrected chi connectivity index (χ1v) is 30.3. The molecular formula is C84H64N4. The topological polar surface area (TPSA) is 13.0 Å². The summed E-state index contributed by atoms with van der Waals surface area (Å²) in [5, 5.41) is 0. The Morgan fingerprint density at radius 3 is 0.545 bits per heavy atom.